The van der Waals surface area contributed by atoms with Crippen LogP contribution in [0.2, 0.25) is 0 Å². The van der Waals surface area contributed by atoms with Gasteiger partial charge in [0.05, 0.1) is 12.2 Å². The van der Waals surface area contributed by atoms with Gasteiger partial charge in [0, 0.05) is 5.56 Å². The summed E-state index contributed by atoms with van der Waals surface area (Å²) >= 11 is 0. The zero-order chi connectivity index (χ0) is 20.7. The molecule has 6 nitrogen and oxygen atoms in total. The Bertz CT molecular complexity index is 1260. The van der Waals surface area contributed by atoms with Crippen molar-refractivity contribution in [2.24, 2.45) is 0 Å². The van der Waals surface area contributed by atoms with Crippen molar-refractivity contribution in [1.29, 1.82) is 0 Å². The van der Waals surface area contributed by atoms with Gasteiger partial charge < -0.3 is 9.73 Å². The molecule has 1 aliphatic rings. The van der Waals surface area contributed by atoms with E-state index < -0.39 is 11.6 Å². The zero-order valence-electron chi connectivity index (χ0n) is 16.3. The van der Waals surface area contributed by atoms with E-state index in [9.17, 15) is 9.59 Å². The van der Waals surface area contributed by atoms with E-state index in [-0.39, 0.29) is 12.5 Å². The second-order valence-corrected chi connectivity index (χ2v) is 7.52. The maximum Gasteiger partial charge on any atom is 0.325 e. The number of aromatic nitrogens is 1. The fourth-order valence-corrected chi connectivity index (χ4v) is 3.79. The van der Waals surface area contributed by atoms with Crippen LogP contribution in [-0.4, -0.2) is 21.8 Å². The van der Waals surface area contributed by atoms with Crippen LogP contribution < -0.4 is 5.32 Å². The van der Waals surface area contributed by atoms with Crippen molar-refractivity contribution in [1.82, 2.24) is 15.2 Å². The molecule has 2 heterocycles. The molecular formula is C24H19N3O3. The third-order valence-electron chi connectivity index (χ3n) is 5.49. The third kappa shape index (κ3) is 2.93. The molecular weight excluding hydrogens is 378 g/mol. The first kappa shape index (κ1) is 18.1. The van der Waals surface area contributed by atoms with E-state index in [1.54, 1.807) is 6.92 Å². The summed E-state index contributed by atoms with van der Waals surface area (Å²) in [5, 5.41) is 4.94. The van der Waals surface area contributed by atoms with Gasteiger partial charge in [-0.3, -0.25) is 9.69 Å². The second-order valence-electron chi connectivity index (χ2n) is 7.52. The van der Waals surface area contributed by atoms with Crippen molar-refractivity contribution in [2.45, 2.75) is 19.0 Å². The van der Waals surface area contributed by atoms with Gasteiger partial charge in [0.1, 0.15) is 11.8 Å². The Morgan fingerprint density at radius 1 is 0.967 bits per heavy atom. The molecule has 5 rings (SSSR count). The number of urea groups is 1. The molecule has 0 aliphatic carbocycles. The third-order valence-corrected chi connectivity index (χ3v) is 5.49. The van der Waals surface area contributed by atoms with Crippen LogP contribution in [0.15, 0.2) is 83.5 Å². The zero-order valence-corrected chi connectivity index (χ0v) is 16.3. The molecule has 1 saturated heterocycles. The molecule has 0 spiro atoms. The highest BCUT2D eigenvalue weighted by atomic mass is 16.3. The molecule has 0 bridgehead atoms. The summed E-state index contributed by atoms with van der Waals surface area (Å²) in [6.45, 7) is 1.78. The molecule has 4 aromatic rings. The number of carbonyl (C=O) groups is 2. The number of rotatable bonds is 4. The maximum absolute atomic E-state index is 13.2. The average molecular weight is 397 g/mol. The minimum atomic E-state index is -1.13. The summed E-state index contributed by atoms with van der Waals surface area (Å²) in [5.74, 6) is 0.141. The molecule has 30 heavy (non-hydrogen) atoms. The normalized spacial score (nSPS) is 18.8. The summed E-state index contributed by atoms with van der Waals surface area (Å²) < 4.78 is 5.54. The number of oxazole rings is 1. The number of hydrogen-bond acceptors (Lipinski definition) is 4. The monoisotopic (exact) mass is 397 g/mol. The number of imide groups is 1. The summed E-state index contributed by atoms with van der Waals surface area (Å²) in [5.41, 5.74) is 0.960. The Kier molecular flexibility index (Phi) is 4.13. The summed E-state index contributed by atoms with van der Waals surface area (Å²) in [6, 6.07) is 22.7. The minimum absolute atomic E-state index is 0.0458. The molecule has 1 aromatic heterocycles. The van der Waals surface area contributed by atoms with Crippen LogP contribution in [0.25, 0.3) is 22.2 Å². The Labute approximate surface area is 173 Å². The van der Waals surface area contributed by atoms with Crippen LogP contribution in [-0.2, 0) is 16.9 Å². The van der Waals surface area contributed by atoms with Gasteiger partial charge in [-0.15, -0.1) is 0 Å². The van der Waals surface area contributed by atoms with Crippen LogP contribution in [0.1, 0.15) is 18.2 Å². The number of benzene rings is 3. The van der Waals surface area contributed by atoms with Crippen LogP contribution in [0.4, 0.5) is 4.79 Å². The number of nitrogens with zero attached hydrogens (tertiary/aromatic N) is 2. The Hall–Kier alpha value is -3.93. The van der Waals surface area contributed by atoms with E-state index in [4.69, 9.17) is 4.42 Å². The SMILES string of the molecule is C[C@]1(c2ccc3ccccc3c2)NC(=O)N(Cc2coc(-c3ccccc3)n2)C1=O. The first-order valence-corrected chi connectivity index (χ1v) is 9.68. The molecule has 1 aliphatic heterocycles. The molecule has 0 radical (unpaired) electrons. The van der Waals surface area contributed by atoms with Crippen molar-refractivity contribution in [3.8, 4) is 11.5 Å². The molecule has 0 saturated carbocycles. The predicted molar refractivity (Wildman–Crippen MR) is 112 cm³/mol. The van der Waals surface area contributed by atoms with Crippen LogP contribution in [0.5, 0.6) is 0 Å². The van der Waals surface area contributed by atoms with E-state index in [0.29, 0.717) is 11.6 Å². The van der Waals surface area contributed by atoms with Crippen molar-refractivity contribution >= 4 is 22.7 Å². The highest BCUT2D eigenvalue weighted by molar-refractivity contribution is 6.07. The van der Waals surface area contributed by atoms with E-state index >= 15 is 0 Å². The lowest BCUT2D eigenvalue weighted by Crippen LogP contribution is -2.40. The molecule has 1 N–H and O–H groups in total. The lowest BCUT2D eigenvalue weighted by molar-refractivity contribution is -0.131. The largest absolute Gasteiger partial charge is 0.444 e. The molecule has 3 aromatic carbocycles. The Morgan fingerprint density at radius 3 is 2.50 bits per heavy atom. The van der Waals surface area contributed by atoms with E-state index in [0.717, 1.165) is 21.9 Å². The van der Waals surface area contributed by atoms with Crippen LogP contribution in [0.3, 0.4) is 0 Å². The highest BCUT2D eigenvalue weighted by Crippen LogP contribution is 2.32. The van der Waals surface area contributed by atoms with Gasteiger partial charge in [-0.25, -0.2) is 9.78 Å². The van der Waals surface area contributed by atoms with Gasteiger partial charge in [0.15, 0.2) is 0 Å². The van der Waals surface area contributed by atoms with Crippen molar-refractivity contribution in [3.05, 3.63) is 90.3 Å². The van der Waals surface area contributed by atoms with Gasteiger partial charge in [0.2, 0.25) is 5.89 Å². The molecule has 1 atom stereocenters. The van der Waals surface area contributed by atoms with Crippen LogP contribution in [0, 0.1) is 0 Å². The molecule has 3 amide bonds. The van der Waals surface area contributed by atoms with Crippen molar-refractivity contribution in [2.75, 3.05) is 0 Å². The lowest BCUT2D eigenvalue weighted by Gasteiger charge is -2.22. The van der Waals surface area contributed by atoms with Crippen LogP contribution >= 0.6 is 0 Å². The summed E-state index contributed by atoms with van der Waals surface area (Å²) in [4.78, 5) is 31.5. The highest BCUT2D eigenvalue weighted by Gasteiger charge is 2.49. The second kappa shape index (κ2) is 6.84. The quantitative estimate of drug-likeness (QED) is 0.516. The van der Waals surface area contributed by atoms with Gasteiger partial charge in [-0.05, 0) is 41.5 Å². The lowest BCUT2D eigenvalue weighted by atomic mass is 9.90. The first-order valence-electron chi connectivity index (χ1n) is 9.68. The Morgan fingerprint density at radius 2 is 1.70 bits per heavy atom. The standard InChI is InChI=1S/C24H19N3O3/c1-24(19-12-11-16-7-5-6-10-18(16)13-19)22(28)27(23(29)26-24)14-20-15-30-21(25-20)17-8-3-2-4-9-17/h2-13,15H,14H2,1H3,(H,26,29)/t24-/m1/s1. The predicted octanol–water partition coefficient (Wildman–Crippen LogP) is 4.46. The first-order chi connectivity index (χ1) is 14.5. The fraction of sp³-hybridized carbons (Fsp3) is 0.125. The minimum Gasteiger partial charge on any atom is -0.444 e. The molecule has 148 valence electrons. The van der Waals surface area contributed by atoms with Crippen molar-refractivity contribution in [3.63, 3.8) is 0 Å². The van der Waals surface area contributed by atoms with E-state index in [1.165, 1.54) is 11.2 Å². The van der Waals surface area contributed by atoms with Gasteiger partial charge in [-0.2, -0.15) is 0 Å². The molecule has 0 unspecified atom stereocenters. The Balaban J connectivity index is 1.42. The topological polar surface area (TPSA) is 75.4 Å². The van der Waals surface area contributed by atoms with E-state index in [2.05, 4.69) is 10.3 Å². The van der Waals surface area contributed by atoms with Gasteiger partial charge in [0.25, 0.3) is 5.91 Å². The van der Waals surface area contributed by atoms with E-state index in [1.807, 2.05) is 72.8 Å². The smallest absolute Gasteiger partial charge is 0.325 e. The number of amides is 3. The number of fused-ring (bicyclic) bond motifs is 1. The average Bonchev–Trinajstić information content (AvgIpc) is 3.33. The molecule has 1 fully saturated rings. The fourth-order valence-electron chi connectivity index (χ4n) is 3.79. The van der Waals surface area contributed by atoms with Gasteiger partial charge >= 0.3 is 6.03 Å². The maximum atomic E-state index is 13.2. The number of hydrogen-bond donors (Lipinski definition) is 1. The summed E-state index contributed by atoms with van der Waals surface area (Å²) in [7, 11) is 0. The number of carbonyl (C=O) groups excluding carboxylic acids is 2. The summed E-state index contributed by atoms with van der Waals surface area (Å²) in [6.07, 6.45) is 1.48. The van der Waals surface area contributed by atoms with Crippen molar-refractivity contribution < 1.29 is 14.0 Å². The number of nitrogens with one attached hydrogen (secondary N) is 1. The van der Waals surface area contributed by atoms with Gasteiger partial charge in [-0.1, -0.05) is 54.6 Å². The molecule has 6 heteroatoms.